The van der Waals surface area contributed by atoms with Gasteiger partial charge < -0.3 is 9.64 Å². The Morgan fingerprint density at radius 1 is 1.14 bits per heavy atom. The zero-order valence-electron chi connectivity index (χ0n) is 18.1. The molecule has 1 saturated carbocycles. The van der Waals surface area contributed by atoms with Crippen molar-refractivity contribution >= 4 is 17.5 Å². The fourth-order valence-corrected chi connectivity index (χ4v) is 4.62. The number of nitrogens with zero attached hydrogens (tertiary/aromatic N) is 4. The lowest BCUT2D eigenvalue weighted by Crippen LogP contribution is -2.38. The minimum Gasteiger partial charge on any atom is -0.444 e. The number of carbonyl (C=O) groups is 2. The van der Waals surface area contributed by atoms with Gasteiger partial charge in [0.2, 0.25) is 0 Å². The lowest BCUT2D eigenvalue weighted by Gasteiger charge is -2.26. The highest BCUT2D eigenvalue weighted by Gasteiger charge is 2.60. The number of ketones is 1. The first kappa shape index (κ1) is 19.9. The zero-order chi connectivity index (χ0) is 21.1. The van der Waals surface area contributed by atoms with Gasteiger partial charge in [0.05, 0.1) is 0 Å². The van der Waals surface area contributed by atoms with E-state index in [1.807, 2.05) is 50.4 Å². The van der Waals surface area contributed by atoms with E-state index >= 15 is 0 Å². The van der Waals surface area contributed by atoms with E-state index in [-0.39, 0.29) is 29.6 Å². The van der Waals surface area contributed by atoms with Gasteiger partial charge in [0, 0.05) is 37.0 Å². The standard InChI is InChI=1S/C22H30N4O3/c1-13-8-7-9-26-18(13)23-24-19(26)22(5,6)10-16(27)17-14-11-25(12-15(14)17)20(28)29-21(2,3)4/h7-9,14-15,17H,10-12H2,1-6H3/t14-,15+,17?. The molecule has 0 aromatic carbocycles. The van der Waals surface area contributed by atoms with Crippen LogP contribution in [-0.2, 0) is 14.9 Å². The third-order valence-electron chi connectivity index (χ3n) is 6.07. The highest BCUT2D eigenvalue weighted by atomic mass is 16.6. The summed E-state index contributed by atoms with van der Waals surface area (Å²) in [5, 5.41) is 8.71. The topological polar surface area (TPSA) is 76.8 Å². The normalized spacial score (nSPS) is 23.9. The van der Waals surface area contributed by atoms with Crippen LogP contribution in [-0.4, -0.2) is 50.1 Å². The molecule has 2 fully saturated rings. The van der Waals surface area contributed by atoms with E-state index in [0.29, 0.717) is 19.5 Å². The fraction of sp³-hybridized carbons (Fsp3) is 0.636. The second-order valence-electron chi connectivity index (χ2n) is 10.2. The fourth-order valence-electron chi connectivity index (χ4n) is 4.62. The van der Waals surface area contributed by atoms with Gasteiger partial charge >= 0.3 is 6.09 Å². The smallest absolute Gasteiger partial charge is 0.410 e. The summed E-state index contributed by atoms with van der Waals surface area (Å²) in [6.45, 7) is 12.9. The summed E-state index contributed by atoms with van der Waals surface area (Å²) in [6, 6.07) is 3.98. The highest BCUT2D eigenvalue weighted by molar-refractivity contribution is 5.86. The van der Waals surface area contributed by atoms with Crippen LogP contribution in [0.15, 0.2) is 18.3 Å². The number of ether oxygens (including phenoxy) is 1. The molecule has 0 bridgehead atoms. The Bertz CT molecular complexity index is 960. The first-order chi connectivity index (χ1) is 13.5. The maximum atomic E-state index is 13.0. The van der Waals surface area contributed by atoms with Gasteiger partial charge in [0.1, 0.15) is 17.2 Å². The van der Waals surface area contributed by atoms with Gasteiger partial charge in [0.25, 0.3) is 0 Å². The van der Waals surface area contributed by atoms with E-state index in [1.54, 1.807) is 4.90 Å². The highest BCUT2D eigenvalue weighted by Crippen LogP contribution is 2.53. The molecule has 1 aliphatic heterocycles. The quantitative estimate of drug-likeness (QED) is 0.789. The Kier molecular flexibility index (Phi) is 4.48. The van der Waals surface area contributed by atoms with Crippen molar-refractivity contribution in [3.63, 3.8) is 0 Å². The molecule has 1 aliphatic carbocycles. The maximum Gasteiger partial charge on any atom is 0.410 e. The van der Waals surface area contributed by atoms with E-state index in [0.717, 1.165) is 17.0 Å². The van der Waals surface area contributed by atoms with E-state index in [2.05, 4.69) is 24.0 Å². The van der Waals surface area contributed by atoms with Crippen LogP contribution in [0.2, 0.25) is 0 Å². The van der Waals surface area contributed by atoms with Crippen LogP contribution in [0.1, 0.15) is 52.4 Å². The Morgan fingerprint density at radius 3 is 2.41 bits per heavy atom. The van der Waals surface area contributed by atoms with E-state index in [1.165, 1.54) is 0 Å². The van der Waals surface area contributed by atoms with Gasteiger partial charge in [-0.25, -0.2) is 4.79 Å². The van der Waals surface area contributed by atoms with Gasteiger partial charge in [-0.15, -0.1) is 10.2 Å². The van der Waals surface area contributed by atoms with Crippen molar-refractivity contribution < 1.29 is 14.3 Å². The average molecular weight is 399 g/mol. The number of fused-ring (bicyclic) bond motifs is 2. The predicted molar refractivity (Wildman–Crippen MR) is 109 cm³/mol. The van der Waals surface area contributed by atoms with Gasteiger partial charge in [-0.1, -0.05) is 19.9 Å². The predicted octanol–water partition coefficient (Wildman–Crippen LogP) is 3.39. The van der Waals surface area contributed by atoms with Crippen molar-refractivity contribution in [2.45, 2.75) is 59.0 Å². The van der Waals surface area contributed by atoms with Crippen molar-refractivity contribution in [2.24, 2.45) is 17.8 Å². The summed E-state index contributed by atoms with van der Waals surface area (Å²) in [4.78, 5) is 27.0. The number of aryl methyl sites for hydroxylation is 1. The Morgan fingerprint density at radius 2 is 1.79 bits per heavy atom. The minimum atomic E-state index is -0.498. The number of pyridine rings is 1. The number of aromatic nitrogens is 3. The van der Waals surface area contributed by atoms with Crippen LogP contribution in [0.4, 0.5) is 4.79 Å². The summed E-state index contributed by atoms with van der Waals surface area (Å²) < 4.78 is 7.44. The molecule has 7 heteroatoms. The molecular weight excluding hydrogens is 368 g/mol. The molecule has 4 rings (SSSR count). The molecule has 156 valence electrons. The monoisotopic (exact) mass is 398 g/mol. The number of hydrogen-bond donors (Lipinski definition) is 0. The van der Waals surface area contributed by atoms with Gasteiger partial charge in [0.15, 0.2) is 5.65 Å². The molecule has 2 aliphatic rings. The summed E-state index contributed by atoms with van der Waals surface area (Å²) >= 11 is 0. The van der Waals surface area contributed by atoms with Crippen LogP contribution < -0.4 is 0 Å². The van der Waals surface area contributed by atoms with Gasteiger partial charge in [-0.05, 0) is 51.2 Å². The van der Waals surface area contributed by atoms with Crippen LogP contribution in [0.5, 0.6) is 0 Å². The minimum absolute atomic E-state index is 0.0499. The average Bonchev–Trinajstić information content (AvgIpc) is 2.96. The number of Topliss-reactive ketones (excluding diaryl/α,β-unsaturated/α-hetero) is 1. The molecule has 2 aromatic rings. The summed E-state index contributed by atoms with van der Waals surface area (Å²) in [5.41, 5.74) is 0.987. The number of likely N-dealkylation sites (tertiary alicyclic amines) is 1. The number of carbonyl (C=O) groups excluding carboxylic acids is 2. The van der Waals surface area contributed by atoms with Crippen LogP contribution >= 0.6 is 0 Å². The SMILES string of the molecule is Cc1cccn2c(C(C)(C)CC(=O)C3[C@H]4CN(C(=O)OC(C)(C)C)C[C@@H]34)nnc12. The maximum absolute atomic E-state index is 13.0. The molecule has 1 unspecified atom stereocenters. The van der Waals surface area contributed by atoms with E-state index in [4.69, 9.17) is 4.74 Å². The first-order valence-electron chi connectivity index (χ1n) is 10.3. The third kappa shape index (κ3) is 3.63. The van der Waals surface area contributed by atoms with Gasteiger partial charge in [-0.3, -0.25) is 9.20 Å². The lowest BCUT2D eigenvalue weighted by atomic mass is 9.84. The van der Waals surface area contributed by atoms with Crippen LogP contribution in [0.25, 0.3) is 5.65 Å². The second kappa shape index (κ2) is 6.54. The first-order valence-corrected chi connectivity index (χ1v) is 10.3. The number of rotatable bonds is 4. The molecule has 1 saturated heterocycles. The van der Waals surface area contributed by atoms with Crippen LogP contribution in [0, 0.1) is 24.7 Å². The molecule has 2 aromatic heterocycles. The molecular formula is C22H30N4O3. The molecule has 3 heterocycles. The van der Waals surface area contributed by atoms with Crippen molar-refractivity contribution in [3.8, 4) is 0 Å². The number of piperidine rings is 1. The second-order valence-corrected chi connectivity index (χ2v) is 10.2. The number of hydrogen-bond acceptors (Lipinski definition) is 5. The van der Waals surface area contributed by atoms with E-state index in [9.17, 15) is 9.59 Å². The van der Waals surface area contributed by atoms with Crippen LogP contribution in [0.3, 0.4) is 0 Å². The summed E-state index contributed by atoms with van der Waals surface area (Å²) in [6.07, 6.45) is 2.10. The van der Waals surface area contributed by atoms with Crippen molar-refractivity contribution in [1.29, 1.82) is 0 Å². The zero-order valence-corrected chi connectivity index (χ0v) is 18.1. The lowest BCUT2D eigenvalue weighted by molar-refractivity contribution is -0.122. The molecule has 29 heavy (non-hydrogen) atoms. The number of amides is 1. The van der Waals surface area contributed by atoms with Crippen molar-refractivity contribution in [1.82, 2.24) is 19.5 Å². The molecule has 1 amide bonds. The summed E-state index contributed by atoms with van der Waals surface area (Å²) in [7, 11) is 0. The Hall–Kier alpha value is -2.44. The van der Waals surface area contributed by atoms with Crippen molar-refractivity contribution in [3.05, 3.63) is 29.7 Å². The molecule has 0 radical (unpaired) electrons. The molecule has 7 nitrogen and oxygen atoms in total. The Balaban J connectivity index is 1.40. The van der Waals surface area contributed by atoms with E-state index < -0.39 is 11.0 Å². The summed E-state index contributed by atoms with van der Waals surface area (Å²) in [5.74, 6) is 1.66. The molecule has 0 spiro atoms. The molecule has 0 N–H and O–H groups in total. The van der Waals surface area contributed by atoms with Gasteiger partial charge in [-0.2, -0.15) is 0 Å². The van der Waals surface area contributed by atoms with Crippen molar-refractivity contribution in [2.75, 3.05) is 13.1 Å². The third-order valence-corrected chi connectivity index (χ3v) is 6.07. The Labute approximate surface area is 171 Å². The largest absolute Gasteiger partial charge is 0.444 e. The molecule has 3 atom stereocenters.